The number of nitrogens with one attached hydrogen (secondary N) is 1. The monoisotopic (exact) mass is 421 g/mol. The molecule has 134 valence electrons. The highest BCUT2D eigenvalue weighted by Crippen LogP contribution is 2.37. The van der Waals surface area contributed by atoms with Crippen LogP contribution >= 0.6 is 45.8 Å². The molecule has 0 aromatic carbocycles. The molecule has 4 aromatic heterocycles. The number of anilines is 1. The van der Waals surface area contributed by atoms with Crippen LogP contribution in [0, 0.1) is 0 Å². The van der Waals surface area contributed by atoms with Gasteiger partial charge in [-0.15, -0.1) is 43.1 Å². The van der Waals surface area contributed by atoms with E-state index in [2.05, 4.69) is 43.2 Å². The second-order valence-electron chi connectivity index (χ2n) is 5.31. The van der Waals surface area contributed by atoms with Gasteiger partial charge in [0.05, 0.1) is 10.1 Å². The van der Waals surface area contributed by atoms with Crippen molar-refractivity contribution in [3.63, 3.8) is 0 Å². The van der Waals surface area contributed by atoms with Crippen molar-refractivity contribution in [3.05, 3.63) is 45.8 Å². The summed E-state index contributed by atoms with van der Waals surface area (Å²) < 4.78 is 6.67. The van der Waals surface area contributed by atoms with E-state index in [1.807, 2.05) is 24.4 Å². The fraction of sp³-hybridized carbons (Fsp3) is 0.250. The molecule has 4 rings (SSSR count). The molecule has 1 N–H and O–H groups in total. The highest BCUT2D eigenvalue weighted by atomic mass is 32.2. The third kappa shape index (κ3) is 4.32. The predicted octanol–water partition coefficient (Wildman–Crippen LogP) is 5.22. The molecule has 0 spiro atoms. The summed E-state index contributed by atoms with van der Waals surface area (Å²) in [5, 5.41) is 25.0. The molecule has 0 saturated heterocycles. The summed E-state index contributed by atoms with van der Waals surface area (Å²) in [5.74, 6) is 1.16. The maximum atomic E-state index is 5.78. The van der Waals surface area contributed by atoms with Crippen LogP contribution in [0.15, 0.2) is 43.8 Å². The van der Waals surface area contributed by atoms with Crippen molar-refractivity contribution in [2.45, 2.75) is 22.9 Å². The van der Waals surface area contributed by atoms with Gasteiger partial charge in [0.25, 0.3) is 5.89 Å². The lowest BCUT2D eigenvalue weighted by Gasteiger charge is -2.02. The molecule has 0 bridgehead atoms. The molecule has 0 fully saturated rings. The maximum Gasteiger partial charge on any atom is 0.257 e. The molecule has 4 heterocycles. The lowest BCUT2D eigenvalue weighted by Crippen LogP contribution is -2.03. The van der Waals surface area contributed by atoms with Gasteiger partial charge in [-0.3, -0.25) is 0 Å². The summed E-state index contributed by atoms with van der Waals surface area (Å²) in [5.41, 5.74) is 0. The first-order valence-electron chi connectivity index (χ1n) is 7.91. The Morgan fingerprint density at radius 1 is 1.12 bits per heavy atom. The minimum Gasteiger partial charge on any atom is -0.419 e. The highest BCUT2D eigenvalue weighted by molar-refractivity contribution is 8.01. The minimum atomic E-state index is 0.0168. The molecule has 10 heteroatoms. The largest absolute Gasteiger partial charge is 0.419 e. The van der Waals surface area contributed by atoms with Gasteiger partial charge in [0.2, 0.25) is 11.0 Å². The third-order valence-electron chi connectivity index (χ3n) is 3.43. The van der Waals surface area contributed by atoms with Crippen molar-refractivity contribution in [3.8, 4) is 10.8 Å². The van der Waals surface area contributed by atoms with Gasteiger partial charge in [0.1, 0.15) is 0 Å². The van der Waals surface area contributed by atoms with Gasteiger partial charge in [-0.2, -0.15) is 0 Å². The number of hydrogen-bond acceptors (Lipinski definition) is 10. The molecular formula is C16H15N5OS4. The summed E-state index contributed by atoms with van der Waals surface area (Å²) in [6.45, 7) is 2.88. The van der Waals surface area contributed by atoms with Crippen molar-refractivity contribution in [2.24, 2.45) is 0 Å². The van der Waals surface area contributed by atoms with E-state index in [-0.39, 0.29) is 5.25 Å². The highest BCUT2D eigenvalue weighted by Gasteiger charge is 2.18. The molecule has 0 radical (unpaired) electrons. The Morgan fingerprint density at radius 3 is 2.81 bits per heavy atom. The standard InChI is InChI=1S/C16H15N5OS4/c1-10(13-18-19-14(22-13)12-5-3-9-24-12)25-16-21-20-15(26-16)17-7-6-11-4-2-8-23-11/h2-5,8-10H,6-7H2,1H3,(H,17,20). The minimum absolute atomic E-state index is 0.0168. The topological polar surface area (TPSA) is 76.7 Å². The third-order valence-corrected chi connectivity index (χ3v) is 7.28. The molecule has 0 saturated carbocycles. The summed E-state index contributed by atoms with van der Waals surface area (Å²) in [6.07, 6.45) is 0.990. The zero-order valence-electron chi connectivity index (χ0n) is 13.8. The van der Waals surface area contributed by atoms with Crippen molar-refractivity contribution < 1.29 is 4.42 Å². The number of thioether (sulfide) groups is 1. The number of hydrogen-bond donors (Lipinski definition) is 1. The number of rotatable bonds is 8. The Balaban J connectivity index is 1.32. The molecule has 1 unspecified atom stereocenters. The Hall–Kier alpha value is -1.75. The van der Waals surface area contributed by atoms with Crippen LogP contribution < -0.4 is 5.32 Å². The molecule has 0 aliphatic heterocycles. The Morgan fingerprint density at radius 2 is 2.00 bits per heavy atom. The number of thiophene rings is 2. The quantitative estimate of drug-likeness (QED) is 0.391. The number of aromatic nitrogens is 4. The van der Waals surface area contributed by atoms with E-state index in [1.165, 1.54) is 4.88 Å². The van der Waals surface area contributed by atoms with Gasteiger partial charge in [-0.25, -0.2) is 0 Å². The van der Waals surface area contributed by atoms with E-state index in [0.717, 1.165) is 27.3 Å². The van der Waals surface area contributed by atoms with Crippen molar-refractivity contribution in [1.29, 1.82) is 0 Å². The van der Waals surface area contributed by atoms with Crippen LogP contribution in [0.2, 0.25) is 0 Å². The van der Waals surface area contributed by atoms with E-state index in [0.29, 0.717) is 11.8 Å². The zero-order valence-corrected chi connectivity index (χ0v) is 17.1. The van der Waals surface area contributed by atoms with Crippen LogP contribution in [-0.4, -0.2) is 26.9 Å². The second-order valence-corrected chi connectivity index (χ2v) is 9.86. The van der Waals surface area contributed by atoms with Crippen LogP contribution in [0.25, 0.3) is 10.8 Å². The lowest BCUT2D eigenvalue weighted by atomic mass is 10.3. The first-order chi connectivity index (χ1) is 12.8. The molecule has 0 amide bonds. The average molecular weight is 422 g/mol. The molecule has 4 aromatic rings. The van der Waals surface area contributed by atoms with Gasteiger partial charge in [-0.05, 0) is 36.2 Å². The first kappa shape index (κ1) is 17.7. The molecule has 0 aliphatic rings. The van der Waals surface area contributed by atoms with E-state index in [4.69, 9.17) is 4.42 Å². The molecule has 6 nitrogen and oxygen atoms in total. The van der Waals surface area contributed by atoms with E-state index in [1.54, 1.807) is 45.8 Å². The van der Waals surface area contributed by atoms with Gasteiger partial charge in [-0.1, -0.05) is 35.2 Å². The van der Waals surface area contributed by atoms with Crippen molar-refractivity contribution >= 4 is 50.9 Å². The van der Waals surface area contributed by atoms with E-state index in [9.17, 15) is 0 Å². The van der Waals surface area contributed by atoms with Gasteiger partial charge >= 0.3 is 0 Å². The van der Waals surface area contributed by atoms with Gasteiger partial charge in [0.15, 0.2) is 4.34 Å². The smallest absolute Gasteiger partial charge is 0.257 e. The normalized spacial score (nSPS) is 12.3. The van der Waals surface area contributed by atoms with Gasteiger partial charge < -0.3 is 9.73 Å². The maximum absolute atomic E-state index is 5.78. The fourth-order valence-electron chi connectivity index (χ4n) is 2.18. The molecule has 26 heavy (non-hydrogen) atoms. The van der Waals surface area contributed by atoms with Crippen LogP contribution in [0.3, 0.4) is 0 Å². The second kappa shape index (κ2) is 8.30. The lowest BCUT2D eigenvalue weighted by molar-refractivity contribution is 0.510. The molecule has 1 atom stereocenters. The molecule has 0 aliphatic carbocycles. The van der Waals surface area contributed by atoms with Crippen molar-refractivity contribution in [1.82, 2.24) is 20.4 Å². The number of nitrogens with zero attached hydrogens (tertiary/aromatic N) is 4. The zero-order chi connectivity index (χ0) is 17.8. The van der Waals surface area contributed by atoms with Crippen LogP contribution in [0.4, 0.5) is 5.13 Å². The Kier molecular flexibility index (Phi) is 5.63. The van der Waals surface area contributed by atoms with Gasteiger partial charge in [0, 0.05) is 11.4 Å². The summed E-state index contributed by atoms with van der Waals surface area (Å²) >= 11 is 6.47. The SMILES string of the molecule is CC(Sc1nnc(NCCc2cccs2)s1)c1nnc(-c2cccs2)o1. The molecular weight excluding hydrogens is 406 g/mol. The Labute approximate surface area is 166 Å². The summed E-state index contributed by atoms with van der Waals surface area (Å²) in [7, 11) is 0. The van der Waals surface area contributed by atoms with Crippen LogP contribution in [0.5, 0.6) is 0 Å². The predicted molar refractivity (Wildman–Crippen MR) is 108 cm³/mol. The average Bonchev–Trinajstić information content (AvgIpc) is 3.42. The van der Waals surface area contributed by atoms with E-state index >= 15 is 0 Å². The van der Waals surface area contributed by atoms with Crippen molar-refractivity contribution in [2.75, 3.05) is 11.9 Å². The fourth-order valence-corrected chi connectivity index (χ4v) is 5.48. The summed E-state index contributed by atoms with van der Waals surface area (Å²) in [6, 6.07) is 8.15. The van der Waals surface area contributed by atoms with E-state index < -0.39 is 0 Å². The first-order valence-corrected chi connectivity index (χ1v) is 11.4. The van der Waals surface area contributed by atoms with Crippen LogP contribution in [0.1, 0.15) is 22.9 Å². The van der Waals surface area contributed by atoms with Crippen LogP contribution in [-0.2, 0) is 6.42 Å². The Bertz CT molecular complexity index is 932. The summed E-state index contributed by atoms with van der Waals surface area (Å²) in [4.78, 5) is 2.34.